The van der Waals surface area contributed by atoms with Gasteiger partial charge in [0.25, 0.3) is 0 Å². The molecule has 1 aliphatic rings. The van der Waals surface area contributed by atoms with Gasteiger partial charge in [-0.15, -0.1) is 0 Å². The average molecular weight is 238 g/mol. The first-order valence-corrected chi connectivity index (χ1v) is 5.96. The van der Waals surface area contributed by atoms with E-state index in [1.807, 2.05) is 13.0 Å². The minimum atomic E-state index is 0.503. The fourth-order valence-electron chi connectivity index (χ4n) is 1.82. The summed E-state index contributed by atoms with van der Waals surface area (Å²) in [5, 5.41) is 0.503. The molecule has 0 bridgehead atoms. The van der Waals surface area contributed by atoms with Gasteiger partial charge >= 0.3 is 0 Å². The molecular weight excluding hydrogens is 222 g/mol. The van der Waals surface area contributed by atoms with E-state index in [1.54, 1.807) is 6.07 Å². The summed E-state index contributed by atoms with van der Waals surface area (Å²) >= 11 is 5.88. The third-order valence-electron chi connectivity index (χ3n) is 2.86. The van der Waals surface area contributed by atoms with Gasteiger partial charge in [0.2, 0.25) is 0 Å². The molecule has 1 aromatic rings. The number of aliphatic imine (C=N–C) groups is 1. The van der Waals surface area contributed by atoms with Gasteiger partial charge in [0.05, 0.1) is 0 Å². The van der Waals surface area contributed by atoms with E-state index in [0.717, 1.165) is 30.2 Å². The minimum absolute atomic E-state index is 0.503. The van der Waals surface area contributed by atoms with Crippen LogP contribution in [0.15, 0.2) is 17.1 Å². The Bertz CT molecular complexity index is 415. The topological polar surface area (TPSA) is 28.5 Å². The van der Waals surface area contributed by atoms with Crippen molar-refractivity contribution in [1.82, 2.24) is 9.88 Å². The maximum Gasteiger partial charge on any atom is 0.158 e. The fourth-order valence-corrected chi connectivity index (χ4v) is 1.97. The summed E-state index contributed by atoms with van der Waals surface area (Å²) in [6.45, 7) is 3.09. The Kier molecular flexibility index (Phi) is 3.44. The van der Waals surface area contributed by atoms with Crippen molar-refractivity contribution in [3.63, 3.8) is 0 Å². The molecule has 3 nitrogen and oxygen atoms in total. The van der Waals surface area contributed by atoms with E-state index in [1.165, 1.54) is 12.8 Å². The smallest absolute Gasteiger partial charge is 0.158 e. The summed E-state index contributed by atoms with van der Waals surface area (Å²) < 4.78 is 0. The van der Waals surface area contributed by atoms with Crippen molar-refractivity contribution in [2.75, 3.05) is 13.6 Å². The van der Waals surface area contributed by atoms with Crippen molar-refractivity contribution in [2.24, 2.45) is 4.99 Å². The van der Waals surface area contributed by atoms with Crippen LogP contribution < -0.4 is 0 Å². The molecule has 1 fully saturated rings. The molecule has 16 heavy (non-hydrogen) atoms. The van der Waals surface area contributed by atoms with Crippen LogP contribution in [0, 0.1) is 6.92 Å². The van der Waals surface area contributed by atoms with E-state index in [-0.39, 0.29) is 0 Å². The normalized spacial score (nSPS) is 19.2. The number of piperidine rings is 1. The lowest BCUT2D eigenvalue weighted by Gasteiger charge is -2.25. The van der Waals surface area contributed by atoms with Gasteiger partial charge in [-0.1, -0.05) is 17.7 Å². The number of halogens is 1. The van der Waals surface area contributed by atoms with Crippen LogP contribution >= 0.6 is 11.6 Å². The van der Waals surface area contributed by atoms with Crippen molar-refractivity contribution >= 4 is 23.3 Å². The second-order valence-electron chi connectivity index (χ2n) is 4.18. The zero-order valence-corrected chi connectivity index (χ0v) is 10.5. The lowest BCUT2D eigenvalue weighted by atomic mass is 10.1. The lowest BCUT2D eigenvalue weighted by molar-refractivity contribution is 0.434. The molecule has 0 unspecified atom stereocenters. The third-order valence-corrected chi connectivity index (χ3v) is 3.07. The van der Waals surface area contributed by atoms with Crippen molar-refractivity contribution < 1.29 is 0 Å². The van der Waals surface area contributed by atoms with E-state index < -0.39 is 0 Å². The number of hydrogen-bond donors (Lipinski definition) is 0. The largest absolute Gasteiger partial charge is 0.363 e. The number of aryl methyl sites for hydroxylation is 1. The molecule has 0 aromatic carbocycles. The number of hydrogen-bond acceptors (Lipinski definition) is 2. The van der Waals surface area contributed by atoms with E-state index in [9.17, 15) is 0 Å². The van der Waals surface area contributed by atoms with Gasteiger partial charge in [0.15, 0.2) is 5.82 Å². The van der Waals surface area contributed by atoms with Crippen LogP contribution in [0.5, 0.6) is 0 Å². The Balaban J connectivity index is 2.30. The van der Waals surface area contributed by atoms with Gasteiger partial charge in [0.1, 0.15) is 11.0 Å². The van der Waals surface area contributed by atoms with Gasteiger partial charge in [-0.25, -0.2) is 9.98 Å². The molecule has 0 N–H and O–H groups in total. The van der Waals surface area contributed by atoms with E-state index >= 15 is 0 Å². The minimum Gasteiger partial charge on any atom is -0.363 e. The van der Waals surface area contributed by atoms with Gasteiger partial charge in [0, 0.05) is 20.0 Å². The molecule has 1 saturated heterocycles. The Morgan fingerprint density at radius 3 is 2.94 bits per heavy atom. The molecule has 1 aromatic heterocycles. The molecule has 0 spiro atoms. The zero-order valence-electron chi connectivity index (χ0n) is 9.70. The Morgan fingerprint density at radius 1 is 1.38 bits per heavy atom. The Morgan fingerprint density at radius 2 is 2.19 bits per heavy atom. The first-order valence-electron chi connectivity index (χ1n) is 5.58. The van der Waals surface area contributed by atoms with E-state index in [2.05, 4.69) is 21.9 Å². The quantitative estimate of drug-likeness (QED) is 0.702. The van der Waals surface area contributed by atoms with Crippen molar-refractivity contribution in [1.29, 1.82) is 0 Å². The van der Waals surface area contributed by atoms with Crippen LogP contribution in [-0.2, 0) is 0 Å². The van der Waals surface area contributed by atoms with Crippen LogP contribution in [0.3, 0.4) is 0 Å². The SMILES string of the molecule is Cc1ccc(Cl)nc1/N=C1/CCCCN1C. The number of nitrogens with zero attached hydrogens (tertiary/aromatic N) is 3. The molecule has 0 saturated carbocycles. The monoisotopic (exact) mass is 237 g/mol. The molecule has 2 rings (SSSR count). The summed E-state index contributed by atoms with van der Waals surface area (Å²) in [5.74, 6) is 1.86. The van der Waals surface area contributed by atoms with Crippen LogP contribution in [0.25, 0.3) is 0 Å². The van der Waals surface area contributed by atoms with Crippen LogP contribution in [0.1, 0.15) is 24.8 Å². The Labute approximate surface area is 101 Å². The number of aromatic nitrogens is 1. The highest BCUT2D eigenvalue weighted by Crippen LogP contribution is 2.21. The summed E-state index contributed by atoms with van der Waals surface area (Å²) in [4.78, 5) is 11.1. The first-order chi connectivity index (χ1) is 7.66. The van der Waals surface area contributed by atoms with Crippen molar-refractivity contribution in [3.05, 3.63) is 22.8 Å². The van der Waals surface area contributed by atoms with Gasteiger partial charge in [-0.05, 0) is 31.4 Å². The predicted octanol–water partition coefficient (Wildman–Crippen LogP) is 3.19. The zero-order chi connectivity index (χ0) is 11.5. The molecule has 0 atom stereocenters. The van der Waals surface area contributed by atoms with Gasteiger partial charge in [-0.2, -0.15) is 0 Å². The van der Waals surface area contributed by atoms with Gasteiger partial charge in [-0.3, -0.25) is 0 Å². The van der Waals surface area contributed by atoms with Crippen LogP contribution in [0.2, 0.25) is 5.15 Å². The second-order valence-corrected chi connectivity index (χ2v) is 4.57. The fraction of sp³-hybridized carbons (Fsp3) is 0.500. The molecule has 1 aliphatic heterocycles. The number of amidine groups is 1. The average Bonchev–Trinajstić information content (AvgIpc) is 2.27. The highest BCUT2D eigenvalue weighted by molar-refractivity contribution is 6.29. The highest BCUT2D eigenvalue weighted by Gasteiger charge is 2.13. The maximum absolute atomic E-state index is 5.88. The first kappa shape index (κ1) is 11.4. The summed E-state index contributed by atoms with van der Waals surface area (Å²) in [5.41, 5.74) is 1.07. The van der Waals surface area contributed by atoms with Crippen molar-refractivity contribution in [2.45, 2.75) is 26.2 Å². The molecule has 86 valence electrons. The summed E-state index contributed by atoms with van der Waals surface area (Å²) in [6, 6.07) is 3.75. The Hall–Kier alpha value is -1.09. The highest BCUT2D eigenvalue weighted by atomic mass is 35.5. The van der Waals surface area contributed by atoms with Crippen LogP contribution in [0.4, 0.5) is 5.82 Å². The molecule has 0 aliphatic carbocycles. The standard InChI is InChI=1S/C12H16ClN3/c1-9-6-7-10(13)14-12(9)15-11-5-3-4-8-16(11)2/h6-7H,3-5,8H2,1-2H3/b15-11-. The maximum atomic E-state index is 5.88. The van der Waals surface area contributed by atoms with Crippen molar-refractivity contribution in [3.8, 4) is 0 Å². The van der Waals surface area contributed by atoms with E-state index in [4.69, 9.17) is 11.6 Å². The summed E-state index contributed by atoms with van der Waals surface area (Å²) in [7, 11) is 2.08. The lowest BCUT2D eigenvalue weighted by Crippen LogP contribution is -2.31. The second kappa shape index (κ2) is 4.83. The van der Waals surface area contributed by atoms with Gasteiger partial charge < -0.3 is 4.90 Å². The number of pyridine rings is 1. The van der Waals surface area contributed by atoms with E-state index in [0.29, 0.717) is 5.15 Å². The van der Waals surface area contributed by atoms with Crippen LogP contribution in [-0.4, -0.2) is 29.3 Å². The molecular formula is C12H16ClN3. The third kappa shape index (κ3) is 2.53. The number of rotatable bonds is 1. The predicted molar refractivity (Wildman–Crippen MR) is 67.6 cm³/mol. The molecule has 0 amide bonds. The molecule has 4 heteroatoms. The molecule has 2 heterocycles. The number of likely N-dealkylation sites (tertiary alicyclic amines) is 1. The summed E-state index contributed by atoms with van der Waals surface area (Å²) in [6.07, 6.45) is 3.49. The molecule has 0 radical (unpaired) electrons.